The number of alkyl halides is 3. The highest BCUT2D eigenvalue weighted by Crippen LogP contribution is 2.31. The summed E-state index contributed by atoms with van der Waals surface area (Å²) in [4.78, 5) is 12.5. The van der Waals surface area contributed by atoms with E-state index < -0.39 is 33.8 Å². The molecule has 0 radical (unpaired) electrons. The number of rotatable bonds is 8. The van der Waals surface area contributed by atoms with Crippen LogP contribution in [0.3, 0.4) is 0 Å². The van der Waals surface area contributed by atoms with Crippen LogP contribution in [-0.4, -0.2) is 20.4 Å². The minimum atomic E-state index is -4.60. The monoisotopic (exact) mass is 506 g/mol. The van der Waals surface area contributed by atoms with Crippen LogP contribution in [0.1, 0.15) is 30.0 Å². The van der Waals surface area contributed by atoms with E-state index in [1.165, 1.54) is 30.3 Å². The number of carbonyl (C=O) groups excluding carboxylic acids is 1. The minimum Gasteiger partial charge on any atom is -0.480 e. The number of aryl methyl sites for hydroxylation is 1. The van der Waals surface area contributed by atoms with E-state index in [2.05, 4.69) is 10.0 Å². The molecule has 0 saturated carbocycles. The van der Waals surface area contributed by atoms with E-state index in [9.17, 15) is 26.4 Å². The Bertz CT molecular complexity index is 1310. The van der Waals surface area contributed by atoms with Gasteiger partial charge in [-0.1, -0.05) is 25.1 Å². The molecular formula is C25H25F3N2O4S. The van der Waals surface area contributed by atoms with Crippen LogP contribution >= 0.6 is 0 Å². The van der Waals surface area contributed by atoms with E-state index in [0.29, 0.717) is 23.9 Å². The molecule has 0 aliphatic carbocycles. The van der Waals surface area contributed by atoms with Crippen molar-refractivity contribution in [1.82, 2.24) is 0 Å². The van der Waals surface area contributed by atoms with Crippen molar-refractivity contribution in [3.63, 3.8) is 0 Å². The van der Waals surface area contributed by atoms with Gasteiger partial charge >= 0.3 is 6.18 Å². The van der Waals surface area contributed by atoms with Gasteiger partial charge in [0.25, 0.3) is 15.9 Å². The molecule has 35 heavy (non-hydrogen) atoms. The van der Waals surface area contributed by atoms with Crippen molar-refractivity contribution < 1.29 is 31.1 Å². The second-order valence-corrected chi connectivity index (χ2v) is 9.59. The maximum absolute atomic E-state index is 12.9. The lowest BCUT2D eigenvalue weighted by molar-refractivity contribution is -0.137. The van der Waals surface area contributed by atoms with E-state index in [-0.39, 0.29) is 10.6 Å². The molecular weight excluding hydrogens is 481 g/mol. The zero-order chi connectivity index (χ0) is 25.8. The largest absolute Gasteiger partial charge is 0.480 e. The third-order valence-corrected chi connectivity index (χ3v) is 6.76. The highest BCUT2D eigenvalue weighted by molar-refractivity contribution is 7.92. The molecule has 0 bridgehead atoms. The van der Waals surface area contributed by atoms with Crippen molar-refractivity contribution in [3.05, 3.63) is 83.4 Å². The van der Waals surface area contributed by atoms with Crippen molar-refractivity contribution in [2.24, 2.45) is 0 Å². The van der Waals surface area contributed by atoms with E-state index >= 15 is 0 Å². The third-order valence-electron chi connectivity index (χ3n) is 5.36. The molecule has 0 aliphatic rings. The fourth-order valence-electron chi connectivity index (χ4n) is 3.24. The zero-order valence-corrected chi connectivity index (χ0v) is 20.1. The fourth-order valence-corrected chi connectivity index (χ4v) is 4.29. The Labute approximate surface area is 202 Å². The summed E-state index contributed by atoms with van der Waals surface area (Å²) in [5.74, 6) is 0.209. The van der Waals surface area contributed by atoms with Gasteiger partial charge in [-0.2, -0.15) is 13.2 Å². The van der Waals surface area contributed by atoms with E-state index in [0.717, 1.165) is 23.3 Å². The van der Waals surface area contributed by atoms with E-state index in [1.54, 1.807) is 6.07 Å². The van der Waals surface area contributed by atoms with Crippen LogP contribution in [0.25, 0.3) is 0 Å². The van der Waals surface area contributed by atoms with Gasteiger partial charge in [0.15, 0.2) is 6.10 Å². The van der Waals surface area contributed by atoms with Gasteiger partial charge in [-0.15, -0.1) is 0 Å². The molecule has 0 unspecified atom stereocenters. The first kappa shape index (κ1) is 26.1. The van der Waals surface area contributed by atoms with Crippen molar-refractivity contribution in [1.29, 1.82) is 0 Å². The Morgan fingerprint density at radius 3 is 2.26 bits per heavy atom. The number of hydrogen-bond acceptors (Lipinski definition) is 4. The van der Waals surface area contributed by atoms with Gasteiger partial charge in [0.2, 0.25) is 0 Å². The Morgan fingerprint density at radius 2 is 1.63 bits per heavy atom. The first-order valence-electron chi connectivity index (χ1n) is 10.7. The number of amides is 1. The van der Waals surface area contributed by atoms with E-state index in [4.69, 9.17) is 4.74 Å². The van der Waals surface area contributed by atoms with Gasteiger partial charge in [0.05, 0.1) is 10.5 Å². The number of carbonyl (C=O) groups is 1. The molecule has 1 atom stereocenters. The van der Waals surface area contributed by atoms with Crippen molar-refractivity contribution in [2.45, 2.75) is 44.4 Å². The molecule has 186 valence electrons. The first-order chi connectivity index (χ1) is 16.4. The number of hydrogen-bond donors (Lipinski definition) is 2. The Kier molecular flexibility index (Phi) is 7.74. The molecule has 0 heterocycles. The Morgan fingerprint density at radius 1 is 0.971 bits per heavy atom. The molecule has 0 aromatic heterocycles. The van der Waals surface area contributed by atoms with Crippen molar-refractivity contribution in [3.8, 4) is 5.75 Å². The summed E-state index contributed by atoms with van der Waals surface area (Å²) in [7, 11) is -4.15. The zero-order valence-electron chi connectivity index (χ0n) is 19.3. The lowest BCUT2D eigenvalue weighted by Gasteiger charge is -2.19. The second-order valence-electron chi connectivity index (χ2n) is 7.91. The van der Waals surface area contributed by atoms with Gasteiger partial charge in [-0.25, -0.2) is 8.42 Å². The number of benzene rings is 3. The summed E-state index contributed by atoms with van der Waals surface area (Å²) in [5.41, 5.74) is 1.13. The molecule has 2 N–H and O–H groups in total. The maximum Gasteiger partial charge on any atom is 0.416 e. The summed E-state index contributed by atoms with van der Waals surface area (Å²) in [5, 5.41) is 2.70. The number of ether oxygens (including phenoxy) is 1. The molecule has 0 spiro atoms. The van der Waals surface area contributed by atoms with Gasteiger partial charge in [0, 0.05) is 11.4 Å². The lowest BCUT2D eigenvalue weighted by Crippen LogP contribution is -2.32. The Balaban J connectivity index is 1.70. The normalized spacial score (nSPS) is 12.6. The molecule has 3 aromatic rings. The summed E-state index contributed by atoms with van der Waals surface area (Å²) in [6.07, 6.45) is -4.95. The van der Waals surface area contributed by atoms with E-state index in [1.807, 2.05) is 32.9 Å². The summed E-state index contributed by atoms with van der Waals surface area (Å²) < 4.78 is 71.9. The quantitative estimate of drug-likeness (QED) is 0.397. The van der Waals surface area contributed by atoms with Crippen LogP contribution in [0.2, 0.25) is 0 Å². The van der Waals surface area contributed by atoms with Crippen LogP contribution in [-0.2, 0) is 21.0 Å². The number of sulfonamides is 1. The number of halogens is 3. The van der Waals surface area contributed by atoms with Crippen LogP contribution in [0.4, 0.5) is 24.5 Å². The molecule has 0 fully saturated rings. The summed E-state index contributed by atoms with van der Waals surface area (Å²) >= 11 is 0. The lowest BCUT2D eigenvalue weighted by atomic mass is 10.1. The highest BCUT2D eigenvalue weighted by atomic mass is 32.2. The van der Waals surface area contributed by atoms with Crippen molar-refractivity contribution in [2.75, 3.05) is 10.0 Å². The molecule has 0 saturated heterocycles. The van der Waals surface area contributed by atoms with Crippen LogP contribution in [0.5, 0.6) is 5.75 Å². The average molecular weight is 507 g/mol. The predicted octanol–water partition coefficient (Wildman–Crippen LogP) is 5.92. The molecule has 3 rings (SSSR count). The van der Waals surface area contributed by atoms with Crippen LogP contribution < -0.4 is 14.8 Å². The summed E-state index contributed by atoms with van der Waals surface area (Å²) in [6, 6.07) is 14.8. The number of anilines is 2. The van der Waals surface area contributed by atoms with Gasteiger partial charge in [0.1, 0.15) is 5.75 Å². The van der Waals surface area contributed by atoms with Crippen molar-refractivity contribution >= 4 is 27.3 Å². The topological polar surface area (TPSA) is 84.5 Å². The molecule has 10 heteroatoms. The highest BCUT2D eigenvalue weighted by Gasteiger charge is 2.30. The van der Waals surface area contributed by atoms with Gasteiger partial charge < -0.3 is 10.1 Å². The third kappa shape index (κ3) is 6.54. The Hall–Kier alpha value is -3.53. The van der Waals surface area contributed by atoms with Crippen LogP contribution in [0.15, 0.2) is 71.6 Å². The molecule has 1 amide bonds. The predicted molar refractivity (Wildman–Crippen MR) is 128 cm³/mol. The van der Waals surface area contributed by atoms with Gasteiger partial charge in [-0.05, 0) is 79.9 Å². The molecule has 3 aromatic carbocycles. The molecule has 6 nitrogen and oxygen atoms in total. The molecule has 0 aliphatic heterocycles. The second kappa shape index (κ2) is 10.4. The first-order valence-corrected chi connectivity index (χ1v) is 12.2. The summed E-state index contributed by atoms with van der Waals surface area (Å²) in [6.45, 7) is 5.66. The maximum atomic E-state index is 12.9. The van der Waals surface area contributed by atoms with Gasteiger partial charge in [-0.3, -0.25) is 9.52 Å². The SMILES string of the molecule is CC[C@H](Oc1cccc(C)c1C)C(=O)Nc1ccc(S(=O)(=O)Nc2cccc(C(F)(F)F)c2)cc1. The average Bonchev–Trinajstić information content (AvgIpc) is 2.79. The fraction of sp³-hybridized carbons (Fsp3) is 0.240. The smallest absolute Gasteiger partial charge is 0.416 e. The standard InChI is InChI=1S/C25H25F3N2O4S/c1-4-22(34-23-10-5-7-16(2)17(23)3)24(31)29-19-11-13-21(14-12-19)35(32,33)30-20-9-6-8-18(15-20)25(26,27)28/h5-15,22,30H,4H2,1-3H3,(H,29,31)/t22-/m0/s1. The van der Waals surface area contributed by atoms with Crippen LogP contribution in [0, 0.1) is 13.8 Å². The minimum absolute atomic E-state index is 0.174. The number of nitrogens with one attached hydrogen (secondary N) is 2.